The fourth-order valence-corrected chi connectivity index (χ4v) is 2.24. The highest BCUT2D eigenvalue weighted by atomic mass is 16.5. The van der Waals surface area contributed by atoms with Crippen LogP contribution in [0, 0.1) is 6.92 Å². The second-order valence-corrected chi connectivity index (χ2v) is 4.72. The van der Waals surface area contributed by atoms with Crippen molar-refractivity contribution in [2.75, 3.05) is 19.0 Å². The van der Waals surface area contributed by atoms with E-state index in [-0.39, 0.29) is 11.9 Å². The van der Waals surface area contributed by atoms with Gasteiger partial charge in [0.2, 0.25) is 5.91 Å². The predicted octanol–water partition coefficient (Wildman–Crippen LogP) is 2.08. The van der Waals surface area contributed by atoms with E-state index < -0.39 is 0 Å². The van der Waals surface area contributed by atoms with Crippen molar-refractivity contribution in [3.05, 3.63) is 23.8 Å². The van der Waals surface area contributed by atoms with E-state index in [0.717, 1.165) is 36.4 Å². The van der Waals surface area contributed by atoms with Crippen LogP contribution in [-0.4, -0.2) is 25.6 Å². The molecule has 0 bridgehead atoms. The van der Waals surface area contributed by atoms with Crippen LogP contribution in [0.3, 0.4) is 0 Å². The number of carbonyl (C=O) groups excluding carboxylic acids is 1. The number of anilines is 1. The van der Waals surface area contributed by atoms with E-state index in [0.29, 0.717) is 6.42 Å². The van der Waals surface area contributed by atoms with Crippen LogP contribution in [0.5, 0.6) is 5.75 Å². The molecule has 18 heavy (non-hydrogen) atoms. The van der Waals surface area contributed by atoms with Gasteiger partial charge in [0.1, 0.15) is 5.75 Å². The van der Waals surface area contributed by atoms with E-state index in [1.807, 2.05) is 25.1 Å². The number of carbonyl (C=O) groups is 1. The average molecular weight is 248 g/mol. The fourth-order valence-electron chi connectivity index (χ4n) is 2.24. The van der Waals surface area contributed by atoms with Gasteiger partial charge < -0.3 is 15.4 Å². The topological polar surface area (TPSA) is 50.4 Å². The van der Waals surface area contributed by atoms with Crippen LogP contribution < -0.4 is 15.4 Å². The Bertz CT molecular complexity index is 432. The summed E-state index contributed by atoms with van der Waals surface area (Å²) < 4.78 is 5.19. The summed E-state index contributed by atoms with van der Waals surface area (Å²) in [5.74, 6) is 0.993. The third-order valence-corrected chi connectivity index (χ3v) is 3.28. The van der Waals surface area contributed by atoms with Gasteiger partial charge in [-0.15, -0.1) is 0 Å². The molecule has 0 aliphatic carbocycles. The molecule has 0 spiro atoms. The molecule has 0 saturated carbocycles. The van der Waals surface area contributed by atoms with Gasteiger partial charge in [-0.05, 0) is 43.5 Å². The summed E-state index contributed by atoms with van der Waals surface area (Å²) in [6, 6.07) is 6.17. The van der Waals surface area contributed by atoms with Crippen LogP contribution in [0.2, 0.25) is 0 Å². The SMILES string of the molecule is COc1ccc(NC2CCCNC(=O)C2)c(C)c1. The molecule has 0 radical (unpaired) electrons. The van der Waals surface area contributed by atoms with Crippen LogP contribution >= 0.6 is 0 Å². The number of hydrogen-bond donors (Lipinski definition) is 2. The molecule has 1 aromatic rings. The molecular formula is C14H20N2O2. The Morgan fingerprint density at radius 2 is 2.28 bits per heavy atom. The van der Waals surface area contributed by atoms with E-state index in [9.17, 15) is 4.79 Å². The maximum absolute atomic E-state index is 11.5. The Morgan fingerprint density at radius 3 is 3.00 bits per heavy atom. The molecule has 1 heterocycles. The van der Waals surface area contributed by atoms with Crippen LogP contribution in [0.15, 0.2) is 18.2 Å². The molecule has 1 aromatic carbocycles. The lowest BCUT2D eigenvalue weighted by molar-refractivity contribution is -0.120. The quantitative estimate of drug-likeness (QED) is 0.861. The lowest BCUT2D eigenvalue weighted by Crippen LogP contribution is -2.27. The zero-order chi connectivity index (χ0) is 13.0. The summed E-state index contributed by atoms with van der Waals surface area (Å²) in [4.78, 5) is 11.5. The second-order valence-electron chi connectivity index (χ2n) is 4.72. The third-order valence-electron chi connectivity index (χ3n) is 3.28. The lowest BCUT2D eigenvalue weighted by Gasteiger charge is -2.18. The molecule has 1 aliphatic rings. The normalized spacial score (nSPS) is 19.9. The summed E-state index contributed by atoms with van der Waals surface area (Å²) in [5, 5.41) is 6.35. The number of hydrogen-bond acceptors (Lipinski definition) is 3. The van der Waals surface area contributed by atoms with E-state index in [2.05, 4.69) is 10.6 Å². The summed E-state index contributed by atoms with van der Waals surface area (Å²) >= 11 is 0. The van der Waals surface area contributed by atoms with Gasteiger partial charge in [-0.2, -0.15) is 0 Å². The fraction of sp³-hybridized carbons (Fsp3) is 0.500. The zero-order valence-electron chi connectivity index (χ0n) is 11.0. The van der Waals surface area contributed by atoms with E-state index in [1.54, 1.807) is 7.11 Å². The molecule has 4 nitrogen and oxygen atoms in total. The van der Waals surface area contributed by atoms with Gasteiger partial charge >= 0.3 is 0 Å². The standard InChI is InChI=1S/C14H20N2O2/c1-10-8-12(18-2)5-6-13(10)16-11-4-3-7-15-14(17)9-11/h5-6,8,11,16H,3-4,7,9H2,1-2H3,(H,15,17). The maximum Gasteiger partial charge on any atom is 0.222 e. The molecule has 2 N–H and O–H groups in total. The third kappa shape index (κ3) is 3.15. The average Bonchev–Trinajstić information content (AvgIpc) is 2.56. The van der Waals surface area contributed by atoms with Gasteiger partial charge in [0, 0.05) is 24.7 Å². The van der Waals surface area contributed by atoms with Crippen molar-refractivity contribution >= 4 is 11.6 Å². The first-order valence-electron chi connectivity index (χ1n) is 6.37. The first-order valence-corrected chi connectivity index (χ1v) is 6.37. The number of amides is 1. The maximum atomic E-state index is 11.5. The molecule has 1 fully saturated rings. The number of benzene rings is 1. The first kappa shape index (κ1) is 12.7. The van der Waals surface area contributed by atoms with Crippen molar-refractivity contribution < 1.29 is 9.53 Å². The highest BCUT2D eigenvalue weighted by molar-refractivity contribution is 5.77. The summed E-state index contributed by atoms with van der Waals surface area (Å²) in [6.07, 6.45) is 2.59. The van der Waals surface area contributed by atoms with Crippen molar-refractivity contribution in [1.82, 2.24) is 5.32 Å². The Morgan fingerprint density at radius 1 is 1.44 bits per heavy atom. The Labute approximate surface area is 108 Å². The molecule has 1 aliphatic heterocycles. The van der Waals surface area contributed by atoms with Crippen molar-refractivity contribution in [3.8, 4) is 5.75 Å². The number of rotatable bonds is 3. The van der Waals surface area contributed by atoms with E-state index >= 15 is 0 Å². The first-order chi connectivity index (χ1) is 8.69. The van der Waals surface area contributed by atoms with Crippen molar-refractivity contribution in [2.45, 2.75) is 32.2 Å². The monoisotopic (exact) mass is 248 g/mol. The molecule has 98 valence electrons. The van der Waals surface area contributed by atoms with Gasteiger partial charge in [-0.1, -0.05) is 0 Å². The predicted molar refractivity (Wildman–Crippen MR) is 72.0 cm³/mol. The van der Waals surface area contributed by atoms with E-state index in [1.165, 1.54) is 0 Å². The second kappa shape index (κ2) is 5.76. The molecular weight excluding hydrogens is 228 g/mol. The largest absolute Gasteiger partial charge is 0.497 e. The molecule has 1 amide bonds. The molecule has 1 saturated heterocycles. The van der Waals surface area contributed by atoms with E-state index in [4.69, 9.17) is 4.74 Å². The number of nitrogens with one attached hydrogen (secondary N) is 2. The lowest BCUT2D eigenvalue weighted by atomic mass is 10.1. The molecule has 0 aromatic heterocycles. The smallest absolute Gasteiger partial charge is 0.222 e. The summed E-state index contributed by atoms with van der Waals surface area (Å²) in [7, 11) is 1.66. The van der Waals surface area contributed by atoms with Crippen LogP contribution in [-0.2, 0) is 4.79 Å². The minimum atomic E-state index is 0.135. The minimum Gasteiger partial charge on any atom is -0.497 e. The Kier molecular flexibility index (Phi) is 4.07. The van der Waals surface area contributed by atoms with Crippen LogP contribution in [0.4, 0.5) is 5.69 Å². The zero-order valence-corrected chi connectivity index (χ0v) is 11.0. The van der Waals surface area contributed by atoms with Gasteiger partial charge in [-0.25, -0.2) is 0 Å². The van der Waals surface area contributed by atoms with Crippen LogP contribution in [0.25, 0.3) is 0 Å². The van der Waals surface area contributed by atoms with Gasteiger partial charge in [0.05, 0.1) is 7.11 Å². The Balaban J connectivity index is 2.06. The highest BCUT2D eigenvalue weighted by Crippen LogP contribution is 2.23. The number of ether oxygens (including phenoxy) is 1. The molecule has 1 unspecified atom stereocenters. The number of methoxy groups -OCH3 is 1. The van der Waals surface area contributed by atoms with Gasteiger partial charge in [0.25, 0.3) is 0 Å². The minimum absolute atomic E-state index is 0.135. The molecule has 2 rings (SSSR count). The van der Waals surface area contributed by atoms with Crippen molar-refractivity contribution in [2.24, 2.45) is 0 Å². The van der Waals surface area contributed by atoms with Gasteiger partial charge in [0.15, 0.2) is 0 Å². The molecule has 4 heteroatoms. The summed E-state index contributed by atoms with van der Waals surface area (Å²) in [5.41, 5.74) is 2.22. The van der Waals surface area contributed by atoms with Crippen LogP contribution in [0.1, 0.15) is 24.8 Å². The number of aryl methyl sites for hydroxylation is 1. The van der Waals surface area contributed by atoms with Crippen molar-refractivity contribution in [1.29, 1.82) is 0 Å². The highest BCUT2D eigenvalue weighted by Gasteiger charge is 2.17. The summed E-state index contributed by atoms with van der Waals surface area (Å²) in [6.45, 7) is 2.83. The van der Waals surface area contributed by atoms with Gasteiger partial charge in [-0.3, -0.25) is 4.79 Å². The Hall–Kier alpha value is -1.71. The van der Waals surface area contributed by atoms with Crippen molar-refractivity contribution in [3.63, 3.8) is 0 Å². The molecule has 1 atom stereocenters.